The average Bonchev–Trinajstić information content (AvgIpc) is 2.43. The van der Waals surface area contributed by atoms with Crippen LogP contribution in [-0.4, -0.2) is 53.6 Å². The Hall–Kier alpha value is -1.92. The largest absolute Gasteiger partial charge is 0.351 e. The summed E-state index contributed by atoms with van der Waals surface area (Å²) < 4.78 is 14.1. The van der Waals surface area contributed by atoms with Gasteiger partial charge in [0.05, 0.1) is 5.69 Å². The predicted molar refractivity (Wildman–Crippen MR) is 74.3 cm³/mol. The van der Waals surface area contributed by atoms with Crippen LogP contribution in [0.25, 0.3) is 0 Å². The number of hydrogen-bond donors (Lipinski definition) is 1. The Morgan fingerprint density at radius 3 is 2.50 bits per heavy atom. The van der Waals surface area contributed by atoms with Gasteiger partial charge < -0.3 is 15.1 Å². The Labute approximate surface area is 118 Å². The van der Waals surface area contributed by atoms with Crippen LogP contribution in [0, 0.1) is 19.7 Å². The molecule has 0 spiro atoms. The van der Waals surface area contributed by atoms with Crippen molar-refractivity contribution in [1.29, 1.82) is 0 Å². The molecule has 1 aliphatic rings. The van der Waals surface area contributed by atoms with Gasteiger partial charge in [-0.25, -0.2) is 19.2 Å². The highest BCUT2D eigenvalue weighted by molar-refractivity contribution is 5.74. The topological polar surface area (TPSA) is 61.4 Å². The molecular weight excluding hydrogens is 261 g/mol. The van der Waals surface area contributed by atoms with E-state index < -0.39 is 0 Å². The fourth-order valence-electron chi connectivity index (χ4n) is 2.27. The van der Waals surface area contributed by atoms with Gasteiger partial charge in [-0.05, 0) is 20.8 Å². The second-order valence-corrected chi connectivity index (χ2v) is 4.80. The maximum Gasteiger partial charge on any atom is 0.317 e. The number of hydrogen-bond acceptors (Lipinski definition) is 4. The van der Waals surface area contributed by atoms with Crippen LogP contribution >= 0.6 is 0 Å². The molecule has 1 saturated heterocycles. The van der Waals surface area contributed by atoms with Crippen LogP contribution in [0.4, 0.5) is 15.0 Å². The molecule has 0 bridgehead atoms. The fourth-order valence-corrected chi connectivity index (χ4v) is 2.27. The highest BCUT2D eigenvalue weighted by atomic mass is 19.1. The molecule has 0 saturated carbocycles. The number of halogens is 1. The quantitative estimate of drug-likeness (QED) is 0.881. The average molecular weight is 281 g/mol. The second kappa shape index (κ2) is 6.02. The van der Waals surface area contributed by atoms with Crippen molar-refractivity contribution < 1.29 is 9.18 Å². The summed E-state index contributed by atoms with van der Waals surface area (Å²) in [5.74, 6) is 0.526. The molecule has 110 valence electrons. The van der Waals surface area contributed by atoms with Crippen molar-refractivity contribution in [2.45, 2.75) is 20.8 Å². The van der Waals surface area contributed by atoms with Gasteiger partial charge in [0.1, 0.15) is 5.82 Å². The molecule has 20 heavy (non-hydrogen) atoms. The van der Waals surface area contributed by atoms with Gasteiger partial charge in [-0.1, -0.05) is 0 Å². The van der Waals surface area contributed by atoms with E-state index in [-0.39, 0.29) is 11.8 Å². The summed E-state index contributed by atoms with van der Waals surface area (Å²) in [5, 5.41) is 2.77. The van der Waals surface area contributed by atoms with Crippen molar-refractivity contribution in [3.05, 3.63) is 17.3 Å². The summed E-state index contributed by atoms with van der Waals surface area (Å²) >= 11 is 0. The number of nitrogens with zero attached hydrogens (tertiary/aromatic N) is 4. The van der Waals surface area contributed by atoms with Gasteiger partial charge in [0.25, 0.3) is 0 Å². The number of nitrogens with one attached hydrogen (secondary N) is 1. The summed E-state index contributed by atoms with van der Waals surface area (Å²) in [7, 11) is 0. The lowest BCUT2D eigenvalue weighted by atomic mass is 10.3. The number of aromatic nitrogens is 2. The Kier molecular flexibility index (Phi) is 4.36. The molecule has 1 N–H and O–H groups in total. The lowest BCUT2D eigenvalue weighted by Crippen LogP contribution is -2.52. The second-order valence-electron chi connectivity index (χ2n) is 4.80. The van der Waals surface area contributed by atoms with E-state index in [4.69, 9.17) is 0 Å². The smallest absolute Gasteiger partial charge is 0.317 e. The highest BCUT2D eigenvalue weighted by Crippen LogP contribution is 2.20. The standard InChI is InChI=1S/C13H20FN5O/c1-4-15-13(20)19-7-5-18(6-8-19)12-11(14)9(2)16-10(3)17-12/h4-8H2,1-3H3,(H,15,20). The number of carbonyl (C=O) groups excluding carboxylic acids is 1. The summed E-state index contributed by atoms with van der Waals surface area (Å²) in [4.78, 5) is 23.5. The molecule has 7 heteroatoms. The van der Waals surface area contributed by atoms with E-state index in [2.05, 4.69) is 15.3 Å². The zero-order valence-electron chi connectivity index (χ0n) is 12.1. The molecule has 1 aliphatic heterocycles. The van der Waals surface area contributed by atoms with Crippen LogP contribution in [-0.2, 0) is 0 Å². The molecule has 6 nitrogen and oxygen atoms in total. The van der Waals surface area contributed by atoms with E-state index in [1.54, 1.807) is 18.7 Å². The summed E-state index contributed by atoms with van der Waals surface area (Å²) in [6, 6.07) is -0.0670. The van der Waals surface area contributed by atoms with E-state index in [1.165, 1.54) is 0 Å². The van der Waals surface area contributed by atoms with E-state index in [1.807, 2.05) is 11.8 Å². The third-order valence-corrected chi connectivity index (χ3v) is 3.31. The predicted octanol–water partition coefficient (Wildman–Crippen LogP) is 1.08. The first kappa shape index (κ1) is 14.5. The SMILES string of the molecule is CCNC(=O)N1CCN(c2nc(C)nc(C)c2F)CC1. The third kappa shape index (κ3) is 2.97. The molecule has 2 rings (SSSR count). The molecule has 0 radical (unpaired) electrons. The normalized spacial score (nSPS) is 15.4. The molecule has 2 amide bonds. The zero-order valence-corrected chi connectivity index (χ0v) is 12.1. The minimum absolute atomic E-state index is 0.0670. The molecule has 0 unspecified atom stereocenters. The Morgan fingerprint density at radius 2 is 1.90 bits per heavy atom. The Morgan fingerprint density at radius 1 is 1.25 bits per heavy atom. The third-order valence-electron chi connectivity index (χ3n) is 3.31. The van der Waals surface area contributed by atoms with Crippen molar-refractivity contribution >= 4 is 11.8 Å². The van der Waals surface area contributed by atoms with Crippen LogP contribution in [0.15, 0.2) is 0 Å². The van der Waals surface area contributed by atoms with Gasteiger partial charge >= 0.3 is 6.03 Å². The maximum atomic E-state index is 14.1. The number of anilines is 1. The van der Waals surface area contributed by atoms with Crippen molar-refractivity contribution in [2.75, 3.05) is 37.6 Å². The van der Waals surface area contributed by atoms with Crippen molar-refractivity contribution in [3.8, 4) is 0 Å². The molecule has 2 heterocycles. The van der Waals surface area contributed by atoms with Gasteiger partial charge in [-0.15, -0.1) is 0 Å². The fraction of sp³-hybridized carbons (Fsp3) is 0.615. The molecule has 1 aromatic heterocycles. The van der Waals surface area contributed by atoms with Crippen molar-refractivity contribution in [1.82, 2.24) is 20.2 Å². The van der Waals surface area contributed by atoms with Crippen molar-refractivity contribution in [3.63, 3.8) is 0 Å². The summed E-state index contributed by atoms with van der Waals surface area (Å²) in [6.07, 6.45) is 0. The first-order valence-electron chi connectivity index (χ1n) is 6.81. The van der Waals surface area contributed by atoms with Crippen LogP contribution in [0.1, 0.15) is 18.4 Å². The maximum absolute atomic E-state index is 14.1. The number of piperazine rings is 1. The van der Waals surface area contributed by atoms with Crippen LogP contribution < -0.4 is 10.2 Å². The monoisotopic (exact) mass is 281 g/mol. The first-order chi connectivity index (χ1) is 9.52. The lowest BCUT2D eigenvalue weighted by molar-refractivity contribution is 0.194. The first-order valence-corrected chi connectivity index (χ1v) is 6.81. The Bertz CT molecular complexity index is 500. The molecular formula is C13H20FN5O. The number of amides is 2. The molecule has 1 aromatic rings. The molecule has 0 aliphatic carbocycles. The number of urea groups is 1. The minimum atomic E-state index is -0.373. The highest BCUT2D eigenvalue weighted by Gasteiger charge is 2.24. The van der Waals surface area contributed by atoms with Crippen molar-refractivity contribution in [2.24, 2.45) is 0 Å². The van der Waals surface area contributed by atoms with E-state index >= 15 is 0 Å². The van der Waals surface area contributed by atoms with Gasteiger partial charge in [0, 0.05) is 32.7 Å². The van der Waals surface area contributed by atoms with Crippen LogP contribution in [0.2, 0.25) is 0 Å². The van der Waals surface area contributed by atoms with E-state index in [9.17, 15) is 9.18 Å². The van der Waals surface area contributed by atoms with E-state index in [0.29, 0.717) is 50.1 Å². The van der Waals surface area contributed by atoms with Crippen LogP contribution in [0.5, 0.6) is 0 Å². The number of rotatable bonds is 2. The van der Waals surface area contributed by atoms with E-state index in [0.717, 1.165) is 0 Å². The minimum Gasteiger partial charge on any atom is -0.351 e. The lowest BCUT2D eigenvalue weighted by Gasteiger charge is -2.35. The number of carbonyl (C=O) groups is 1. The molecule has 0 atom stereocenters. The van der Waals surface area contributed by atoms with Gasteiger partial charge in [-0.2, -0.15) is 0 Å². The number of aryl methyl sites for hydroxylation is 2. The molecule has 0 aromatic carbocycles. The summed E-state index contributed by atoms with van der Waals surface area (Å²) in [5.41, 5.74) is 0.360. The summed E-state index contributed by atoms with van der Waals surface area (Å²) in [6.45, 7) is 8.15. The zero-order chi connectivity index (χ0) is 14.7. The molecule has 1 fully saturated rings. The van der Waals surface area contributed by atoms with Crippen LogP contribution in [0.3, 0.4) is 0 Å². The van der Waals surface area contributed by atoms with Gasteiger partial charge in [0.15, 0.2) is 11.6 Å². The Balaban J connectivity index is 2.06. The van der Waals surface area contributed by atoms with Gasteiger partial charge in [-0.3, -0.25) is 0 Å². The van der Waals surface area contributed by atoms with Gasteiger partial charge in [0.2, 0.25) is 0 Å².